The molecule has 16 heavy (non-hydrogen) atoms. The van der Waals surface area contributed by atoms with E-state index < -0.39 is 5.60 Å². The van der Waals surface area contributed by atoms with Gasteiger partial charge in [0.15, 0.2) is 0 Å². The maximum absolute atomic E-state index is 11.1. The average molecular weight is 225 g/mol. The van der Waals surface area contributed by atoms with E-state index in [1.807, 2.05) is 13.0 Å². The van der Waals surface area contributed by atoms with Gasteiger partial charge in [0.2, 0.25) is 5.91 Å². The lowest BCUT2D eigenvalue weighted by atomic mass is 10.0. The Morgan fingerprint density at radius 1 is 1.50 bits per heavy atom. The molecule has 2 N–H and O–H groups in total. The quantitative estimate of drug-likeness (QED) is 0.799. The van der Waals surface area contributed by atoms with Crippen molar-refractivity contribution in [3.8, 4) is 0 Å². The molecule has 0 saturated carbocycles. The fourth-order valence-corrected chi connectivity index (χ4v) is 1.34. The van der Waals surface area contributed by atoms with Crippen LogP contribution in [0.15, 0.2) is 16.5 Å². The second-order valence-electron chi connectivity index (χ2n) is 4.02. The smallest absolute Gasteiger partial charge is 0.219 e. The number of furan rings is 1. The minimum Gasteiger partial charge on any atom is -0.463 e. The number of aryl methyl sites for hydroxylation is 1. The highest BCUT2D eigenvalue weighted by Crippen LogP contribution is 2.22. The molecular formula is C12H19NO3. The average Bonchev–Trinajstić information content (AvgIpc) is 2.75. The third-order valence-corrected chi connectivity index (χ3v) is 2.49. The maximum atomic E-state index is 11.1. The van der Waals surface area contributed by atoms with E-state index in [-0.39, 0.29) is 12.5 Å². The van der Waals surface area contributed by atoms with Crippen LogP contribution in [0.3, 0.4) is 0 Å². The van der Waals surface area contributed by atoms with E-state index in [9.17, 15) is 9.90 Å². The van der Waals surface area contributed by atoms with Crippen LogP contribution < -0.4 is 5.32 Å². The fraction of sp³-hybridized carbons (Fsp3) is 0.583. The molecule has 0 aliphatic heterocycles. The summed E-state index contributed by atoms with van der Waals surface area (Å²) < 4.78 is 5.46. The van der Waals surface area contributed by atoms with E-state index in [4.69, 9.17) is 4.42 Å². The van der Waals surface area contributed by atoms with Crippen molar-refractivity contribution >= 4 is 5.91 Å². The lowest BCUT2D eigenvalue weighted by Crippen LogP contribution is -2.38. The summed E-state index contributed by atoms with van der Waals surface area (Å²) in [6, 6.07) is 3.59. The lowest BCUT2D eigenvalue weighted by Gasteiger charge is -2.21. The van der Waals surface area contributed by atoms with Gasteiger partial charge in [-0.3, -0.25) is 4.79 Å². The van der Waals surface area contributed by atoms with Crippen molar-refractivity contribution < 1.29 is 14.3 Å². The summed E-state index contributed by atoms with van der Waals surface area (Å²) in [5, 5.41) is 12.8. The maximum Gasteiger partial charge on any atom is 0.219 e. The van der Waals surface area contributed by atoms with Gasteiger partial charge < -0.3 is 14.8 Å². The molecule has 0 bridgehead atoms. The summed E-state index contributed by atoms with van der Waals surface area (Å²) in [5.41, 5.74) is -1.15. The zero-order valence-electron chi connectivity index (χ0n) is 10.0. The Kier molecular flexibility index (Phi) is 4.12. The molecule has 1 heterocycles. The minimum absolute atomic E-state index is 0.0810. The molecule has 0 aromatic carbocycles. The number of rotatable bonds is 5. The third-order valence-electron chi connectivity index (χ3n) is 2.49. The topological polar surface area (TPSA) is 62.5 Å². The molecule has 4 heteroatoms. The van der Waals surface area contributed by atoms with Crippen molar-refractivity contribution in [3.63, 3.8) is 0 Å². The van der Waals surface area contributed by atoms with Crippen molar-refractivity contribution in [2.75, 3.05) is 6.54 Å². The molecule has 0 fully saturated rings. The zero-order valence-corrected chi connectivity index (χ0v) is 10.0. The molecule has 1 amide bonds. The van der Waals surface area contributed by atoms with E-state index in [1.165, 1.54) is 0 Å². The number of amides is 1. The van der Waals surface area contributed by atoms with E-state index in [2.05, 4.69) is 5.32 Å². The molecule has 1 rings (SSSR count). The first-order valence-electron chi connectivity index (χ1n) is 5.58. The van der Waals surface area contributed by atoms with E-state index in [1.54, 1.807) is 19.9 Å². The van der Waals surface area contributed by atoms with Crippen LogP contribution >= 0.6 is 0 Å². The Morgan fingerprint density at radius 2 is 2.19 bits per heavy atom. The first kappa shape index (κ1) is 12.8. The normalized spacial score (nSPS) is 14.5. The van der Waals surface area contributed by atoms with E-state index in [0.29, 0.717) is 12.2 Å². The monoisotopic (exact) mass is 225 g/mol. The summed E-state index contributed by atoms with van der Waals surface area (Å²) in [5.74, 6) is 1.24. The van der Waals surface area contributed by atoms with Crippen LogP contribution in [0, 0.1) is 0 Å². The molecule has 1 atom stereocenters. The first-order chi connectivity index (χ1) is 7.49. The number of carbonyl (C=O) groups is 1. The Bertz CT molecular complexity index is 355. The molecule has 0 aliphatic rings. The lowest BCUT2D eigenvalue weighted by molar-refractivity contribution is -0.122. The van der Waals surface area contributed by atoms with Crippen LogP contribution in [0.4, 0.5) is 0 Å². The Labute approximate surface area is 95.7 Å². The van der Waals surface area contributed by atoms with Gasteiger partial charge in [-0.05, 0) is 19.1 Å². The largest absolute Gasteiger partial charge is 0.463 e. The van der Waals surface area contributed by atoms with Gasteiger partial charge in [-0.25, -0.2) is 0 Å². The standard InChI is InChI=1S/C12H19NO3/c1-4-9-6-7-10(16-9)12(3,15)8-13-11(14)5-2/h6-7,15H,4-5,8H2,1-3H3,(H,13,14). The van der Waals surface area contributed by atoms with Gasteiger partial charge in [0.1, 0.15) is 17.1 Å². The number of hydrogen-bond donors (Lipinski definition) is 2. The van der Waals surface area contributed by atoms with Crippen molar-refractivity contribution in [2.24, 2.45) is 0 Å². The Balaban J connectivity index is 2.65. The highest BCUT2D eigenvalue weighted by Gasteiger charge is 2.27. The Morgan fingerprint density at radius 3 is 2.69 bits per heavy atom. The van der Waals surface area contributed by atoms with Crippen LogP contribution in [-0.4, -0.2) is 17.6 Å². The summed E-state index contributed by atoms with van der Waals surface area (Å²) in [7, 11) is 0. The molecule has 0 spiro atoms. The molecule has 1 unspecified atom stereocenters. The summed E-state index contributed by atoms with van der Waals surface area (Å²) in [4.78, 5) is 11.1. The van der Waals surface area contributed by atoms with Gasteiger partial charge in [0.05, 0.1) is 6.54 Å². The van der Waals surface area contributed by atoms with Crippen LogP contribution in [0.2, 0.25) is 0 Å². The molecule has 1 aromatic heterocycles. The second-order valence-corrected chi connectivity index (χ2v) is 4.02. The molecule has 0 radical (unpaired) electrons. The van der Waals surface area contributed by atoms with Crippen LogP contribution in [-0.2, 0) is 16.8 Å². The molecule has 90 valence electrons. The van der Waals surface area contributed by atoms with Gasteiger partial charge in [0.25, 0.3) is 0 Å². The predicted molar refractivity (Wildman–Crippen MR) is 61.0 cm³/mol. The zero-order chi connectivity index (χ0) is 12.2. The van der Waals surface area contributed by atoms with Crippen molar-refractivity contribution in [2.45, 2.75) is 39.2 Å². The van der Waals surface area contributed by atoms with Crippen LogP contribution in [0.5, 0.6) is 0 Å². The number of hydrogen-bond acceptors (Lipinski definition) is 3. The van der Waals surface area contributed by atoms with Crippen LogP contribution in [0.1, 0.15) is 38.7 Å². The summed E-state index contributed by atoms with van der Waals surface area (Å²) in [6.07, 6.45) is 1.20. The third kappa shape index (κ3) is 3.10. The van der Waals surface area contributed by atoms with Crippen LogP contribution in [0.25, 0.3) is 0 Å². The van der Waals surface area contributed by atoms with Gasteiger partial charge in [-0.15, -0.1) is 0 Å². The Hall–Kier alpha value is -1.29. The van der Waals surface area contributed by atoms with Crippen molar-refractivity contribution in [3.05, 3.63) is 23.7 Å². The van der Waals surface area contributed by atoms with Gasteiger partial charge >= 0.3 is 0 Å². The summed E-state index contributed by atoms with van der Waals surface area (Å²) in [6.45, 7) is 5.54. The number of carbonyl (C=O) groups excluding carboxylic acids is 1. The highest BCUT2D eigenvalue weighted by atomic mass is 16.4. The van der Waals surface area contributed by atoms with E-state index >= 15 is 0 Å². The highest BCUT2D eigenvalue weighted by molar-refractivity contribution is 5.75. The minimum atomic E-state index is -1.15. The molecule has 4 nitrogen and oxygen atoms in total. The van der Waals surface area contributed by atoms with Gasteiger partial charge in [-0.2, -0.15) is 0 Å². The van der Waals surface area contributed by atoms with E-state index in [0.717, 1.165) is 12.2 Å². The molecule has 0 saturated heterocycles. The van der Waals surface area contributed by atoms with Crippen molar-refractivity contribution in [1.29, 1.82) is 0 Å². The number of nitrogens with one attached hydrogen (secondary N) is 1. The predicted octanol–water partition coefficient (Wildman–Crippen LogP) is 1.58. The second kappa shape index (κ2) is 5.16. The summed E-state index contributed by atoms with van der Waals surface area (Å²) >= 11 is 0. The fourth-order valence-electron chi connectivity index (χ4n) is 1.34. The molecule has 1 aromatic rings. The first-order valence-corrected chi connectivity index (χ1v) is 5.58. The number of aliphatic hydroxyl groups is 1. The molecule has 0 aliphatic carbocycles. The van der Waals surface area contributed by atoms with Crippen molar-refractivity contribution in [1.82, 2.24) is 5.32 Å². The SMILES string of the molecule is CCC(=O)NCC(C)(O)c1ccc(CC)o1. The van der Waals surface area contributed by atoms with Gasteiger partial charge in [0, 0.05) is 12.8 Å². The van der Waals surface area contributed by atoms with Gasteiger partial charge in [-0.1, -0.05) is 13.8 Å². The molecular weight excluding hydrogens is 206 g/mol.